The lowest BCUT2D eigenvalue weighted by molar-refractivity contribution is 0.171. The number of nitrogens with two attached hydrogens (primary N) is 1. The van der Waals surface area contributed by atoms with E-state index in [0.717, 1.165) is 19.4 Å². The first-order chi connectivity index (χ1) is 7.03. The fourth-order valence-electron chi connectivity index (χ4n) is 1.49. The number of methoxy groups -OCH3 is 1. The first-order valence-electron chi connectivity index (χ1n) is 5.06. The third-order valence-electron chi connectivity index (χ3n) is 2.40. The minimum Gasteiger partial charge on any atom is -0.385 e. The van der Waals surface area contributed by atoms with Crippen molar-refractivity contribution < 1.29 is 4.74 Å². The van der Waals surface area contributed by atoms with Gasteiger partial charge in [-0.1, -0.05) is 12.1 Å². The summed E-state index contributed by atoms with van der Waals surface area (Å²) < 4.78 is 6.31. The van der Waals surface area contributed by atoms with Crippen LogP contribution in [0, 0.1) is 3.57 Å². The summed E-state index contributed by atoms with van der Waals surface area (Å²) in [4.78, 5) is 0. The Kier molecular flexibility index (Phi) is 5.02. The molecule has 0 aromatic heterocycles. The molecule has 3 heteroatoms. The lowest BCUT2D eigenvalue weighted by Crippen LogP contribution is -2.39. The predicted octanol–water partition coefficient (Wildman–Crippen LogP) is 2.59. The first kappa shape index (κ1) is 12.9. The Hall–Kier alpha value is -0.130. The van der Waals surface area contributed by atoms with E-state index in [1.54, 1.807) is 7.11 Å². The first-order valence-corrected chi connectivity index (χ1v) is 6.14. The van der Waals surface area contributed by atoms with Crippen molar-refractivity contribution in [3.05, 3.63) is 33.4 Å². The number of hydrogen-bond donors (Lipinski definition) is 1. The van der Waals surface area contributed by atoms with E-state index in [1.807, 2.05) is 0 Å². The molecule has 0 spiro atoms. The predicted molar refractivity (Wildman–Crippen MR) is 71.9 cm³/mol. The molecule has 0 aliphatic rings. The Morgan fingerprint density at radius 3 is 2.47 bits per heavy atom. The van der Waals surface area contributed by atoms with Crippen LogP contribution in [0.5, 0.6) is 0 Å². The zero-order valence-electron chi connectivity index (χ0n) is 9.29. The molecule has 0 amide bonds. The summed E-state index contributed by atoms with van der Waals surface area (Å²) in [5.74, 6) is 0. The van der Waals surface area contributed by atoms with E-state index in [1.165, 1.54) is 9.13 Å². The molecule has 0 saturated carbocycles. The smallest absolute Gasteiger partial charge is 0.0479 e. The highest BCUT2D eigenvalue weighted by Crippen LogP contribution is 2.15. The van der Waals surface area contributed by atoms with Crippen LogP contribution in [0.2, 0.25) is 0 Å². The van der Waals surface area contributed by atoms with Gasteiger partial charge in [-0.25, -0.2) is 0 Å². The zero-order valence-corrected chi connectivity index (χ0v) is 11.5. The second-order valence-corrected chi connectivity index (χ2v) is 5.45. The lowest BCUT2D eigenvalue weighted by atomic mass is 9.91. The quantitative estimate of drug-likeness (QED) is 0.847. The van der Waals surface area contributed by atoms with Gasteiger partial charge in [0.1, 0.15) is 0 Å². The lowest BCUT2D eigenvalue weighted by Gasteiger charge is -2.24. The summed E-state index contributed by atoms with van der Waals surface area (Å²) in [6, 6.07) is 8.50. The number of benzene rings is 1. The average Bonchev–Trinajstić information content (AvgIpc) is 2.18. The number of hydrogen-bond acceptors (Lipinski definition) is 2. The van der Waals surface area contributed by atoms with Gasteiger partial charge in [-0.05, 0) is 60.1 Å². The van der Waals surface area contributed by atoms with Gasteiger partial charge in [0.2, 0.25) is 0 Å². The molecule has 15 heavy (non-hydrogen) atoms. The van der Waals surface area contributed by atoms with Crippen LogP contribution >= 0.6 is 22.6 Å². The monoisotopic (exact) mass is 319 g/mol. The standard InChI is InChI=1S/C12H18INO/c1-12(14,7-8-15-2)9-10-3-5-11(13)6-4-10/h3-6H,7-9,14H2,1-2H3. The third-order valence-corrected chi connectivity index (χ3v) is 3.12. The van der Waals surface area contributed by atoms with E-state index >= 15 is 0 Å². The van der Waals surface area contributed by atoms with Crippen LogP contribution in [0.4, 0.5) is 0 Å². The summed E-state index contributed by atoms with van der Waals surface area (Å²) >= 11 is 2.31. The van der Waals surface area contributed by atoms with E-state index in [2.05, 4.69) is 53.8 Å². The molecule has 84 valence electrons. The Labute approximate surface area is 105 Å². The normalized spacial score (nSPS) is 14.9. The van der Waals surface area contributed by atoms with E-state index in [4.69, 9.17) is 10.5 Å². The van der Waals surface area contributed by atoms with Crippen molar-refractivity contribution in [2.24, 2.45) is 5.73 Å². The molecule has 2 N–H and O–H groups in total. The van der Waals surface area contributed by atoms with Gasteiger partial charge in [0.25, 0.3) is 0 Å². The zero-order chi connectivity index (χ0) is 11.3. The van der Waals surface area contributed by atoms with Gasteiger partial charge in [-0.2, -0.15) is 0 Å². The molecule has 0 aliphatic carbocycles. The molecule has 0 aliphatic heterocycles. The Bertz CT molecular complexity index is 295. The van der Waals surface area contributed by atoms with Gasteiger partial charge in [0.05, 0.1) is 0 Å². The molecule has 0 fully saturated rings. The molecule has 1 aromatic rings. The van der Waals surface area contributed by atoms with Crippen molar-refractivity contribution in [2.75, 3.05) is 13.7 Å². The summed E-state index contributed by atoms with van der Waals surface area (Å²) in [5.41, 5.74) is 7.30. The highest BCUT2D eigenvalue weighted by molar-refractivity contribution is 14.1. The van der Waals surface area contributed by atoms with E-state index in [9.17, 15) is 0 Å². The highest BCUT2D eigenvalue weighted by Gasteiger charge is 2.18. The maximum absolute atomic E-state index is 6.19. The molecule has 0 bridgehead atoms. The van der Waals surface area contributed by atoms with E-state index < -0.39 is 0 Å². The van der Waals surface area contributed by atoms with Crippen molar-refractivity contribution in [2.45, 2.75) is 25.3 Å². The van der Waals surface area contributed by atoms with Gasteiger partial charge < -0.3 is 10.5 Å². The van der Waals surface area contributed by atoms with Gasteiger partial charge in [-0.15, -0.1) is 0 Å². The maximum atomic E-state index is 6.19. The Balaban J connectivity index is 2.56. The second kappa shape index (κ2) is 5.82. The summed E-state index contributed by atoms with van der Waals surface area (Å²) in [5, 5.41) is 0. The highest BCUT2D eigenvalue weighted by atomic mass is 127. The molecule has 1 atom stereocenters. The van der Waals surface area contributed by atoms with Gasteiger partial charge >= 0.3 is 0 Å². The van der Waals surface area contributed by atoms with Gasteiger partial charge in [-0.3, -0.25) is 0 Å². The second-order valence-electron chi connectivity index (χ2n) is 4.20. The van der Waals surface area contributed by atoms with Crippen molar-refractivity contribution >= 4 is 22.6 Å². The van der Waals surface area contributed by atoms with Crippen LogP contribution in [0.25, 0.3) is 0 Å². The van der Waals surface area contributed by atoms with Crippen LogP contribution in [0.15, 0.2) is 24.3 Å². The molecular formula is C12H18INO. The largest absolute Gasteiger partial charge is 0.385 e. The molecule has 0 saturated heterocycles. The number of ether oxygens (including phenoxy) is 1. The molecule has 1 aromatic carbocycles. The molecule has 1 unspecified atom stereocenters. The minimum atomic E-state index is -0.178. The summed E-state index contributed by atoms with van der Waals surface area (Å²) in [7, 11) is 1.71. The average molecular weight is 319 g/mol. The molecule has 1 rings (SSSR count). The van der Waals surface area contributed by atoms with Crippen LogP contribution in [0.3, 0.4) is 0 Å². The van der Waals surface area contributed by atoms with Crippen LogP contribution in [-0.2, 0) is 11.2 Å². The SMILES string of the molecule is COCCC(C)(N)Cc1ccc(I)cc1. The van der Waals surface area contributed by atoms with Gasteiger partial charge in [0, 0.05) is 22.8 Å². The molecule has 0 heterocycles. The van der Waals surface area contributed by atoms with Crippen LogP contribution in [-0.4, -0.2) is 19.3 Å². The Morgan fingerprint density at radius 2 is 1.93 bits per heavy atom. The number of rotatable bonds is 5. The summed E-state index contributed by atoms with van der Waals surface area (Å²) in [6.45, 7) is 2.79. The van der Waals surface area contributed by atoms with Gasteiger partial charge in [0.15, 0.2) is 0 Å². The van der Waals surface area contributed by atoms with Crippen molar-refractivity contribution in [3.8, 4) is 0 Å². The fraction of sp³-hybridized carbons (Fsp3) is 0.500. The maximum Gasteiger partial charge on any atom is 0.0479 e. The Morgan fingerprint density at radius 1 is 1.33 bits per heavy atom. The topological polar surface area (TPSA) is 35.2 Å². The van der Waals surface area contributed by atoms with Crippen LogP contribution in [0.1, 0.15) is 18.9 Å². The van der Waals surface area contributed by atoms with E-state index in [0.29, 0.717) is 0 Å². The van der Waals surface area contributed by atoms with Crippen molar-refractivity contribution in [1.82, 2.24) is 0 Å². The number of halogens is 1. The fourth-order valence-corrected chi connectivity index (χ4v) is 1.85. The van der Waals surface area contributed by atoms with E-state index in [-0.39, 0.29) is 5.54 Å². The third kappa shape index (κ3) is 4.95. The molecular weight excluding hydrogens is 301 g/mol. The van der Waals surface area contributed by atoms with Crippen molar-refractivity contribution in [3.63, 3.8) is 0 Å². The molecule has 2 nitrogen and oxygen atoms in total. The van der Waals surface area contributed by atoms with Crippen molar-refractivity contribution in [1.29, 1.82) is 0 Å². The molecule has 0 radical (unpaired) electrons. The minimum absolute atomic E-state index is 0.178. The van der Waals surface area contributed by atoms with Crippen LogP contribution < -0.4 is 5.73 Å². The summed E-state index contributed by atoms with van der Waals surface area (Å²) in [6.07, 6.45) is 1.78.